The Morgan fingerprint density at radius 1 is 1.12 bits per heavy atom. The van der Waals surface area contributed by atoms with E-state index >= 15 is 0 Å². The second-order valence-electron chi connectivity index (χ2n) is 7.93. The molecule has 0 saturated carbocycles. The quantitative estimate of drug-likeness (QED) is 0.448. The van der Waals surface area contributed by atoms with E-state index in [1.54, 1.807) is 30.3 Å². The number of benzene rings is 1. The van der Waals surface area contributed by atoms with Crippen LogP contribution < -0.4 is 4.74 Å². The van der Waals surface area contributed by atoms with Crippen molar-refractivity contribution in [2.24, 2.45) is 0 Å². The number of aromatic nitrogens is 6. The van der Waals surface area contributed by atoms with Gasteiger partial charge in [-0.2, -0.15) is 5.10 Å². The summed E-state index contributed by atoms with van der Waals surface area (Å²) in [7, 11) is 1.57. The lowest BCUT2D eigenvalue weighted by Gasteiger charge is -2.22. The predicted molar refractivity (Wildman–Crippen MR) is 119 cm³/mol. The SMILES string of the molecule is COc1nc(/C=C/c2nc3n(n2)CCCC3c2cc(F)ccc2F)ccc1-n1cnc(C)c1. The van der Waals surface area contributed by atoms with Crippen molar-refractivity contribution < 1.29 is 13.5 Å². The molecular formula is C24H22F2N6O. The first-order valence-corrected chi connectivity index (χ1v) is 10.7. The van der Waals surface area contributed by atoms with Gasteiger partial charge in [0.2, 0.25) is 5.88 Å². The lowest BCUT2D eigenvalue weighted by molar-refractivity contribution is 0.395. The Morgan fingerprint density at radius 3 is 2.79 bits per heavy atom. The summed E-state index contributed by atoms with van der Waals surface area (Å²) < 4.78 is 37.2. The maximum Gasteiger partial charge on any atom is 0.238 e. The van der Waals surface area contributed by atoms with Crippen molar-refractivity contribution in [3.8, 4) is 11.6 Å². The summed E-state index contributed by atoms with van der Waals surface area (Å²) in [5.41, 5.74) is 2.67. The van der Waals surface area contributed by atoms with Gasteiger partial charge in [0.1, 0.15) is 23.1 Å². The van der Waals surface area contributed by atoms with Crippen LogP contribution in [0, 0.1) is 18.6 Å². The first kappa shape index (κ1) is 21.0. The highest BCUT2D eigenvalue weighted by atomic mass is 19.1. The summed E-state index contributed by atoms with van der Waals surface area (Å²) in [6.45, 7) is 2.60. The number of rotatable bonds is 5. The molecule has 0 radical (unpaired) electrons. The Balaban J connectivity index is 1.42. The van der Waals surface area contributed by atoms with Crippen molar-refractivity contribution in [3.63, 3.8) is 0 Å². The molecule has 5 rings (SSSR count). The van der Waals surface area contributed by atoms with Gasteiger partial charge in [-0.05, 0) is 62.2 Å². The fourth-order valence-corrected chi connectivity index (χ4v) is 4.12. The second kappa shape index (κ2) is 8.57. The number of imidazole rings is 1. The molecule has 168 valence electrons. The van der Waals surface area contributed by atoms with E-state index in [1.807, 2.05) is 29.8 Å². The lowest BCUT2D eigenvalue weighted by Crippen LogP contribution is -2.19. The molecule has 0 N–H and O–H groups in total. The third kappa shape index (κ3) is 4.13. The standard InChI is InChI=1S/C24H22F2N6O/c1-15-13-31(14-27-15)21-9-6-17(28-24(21)33-2)7-10-22-29-23-18(4-3-11-32(23)30-22)19-12-16(25)5-8-20(19)26/h5-10,12-14,18H,3-4,11H2,1-2H3/b10-7+. The summed E-state index contributed by atoms with van der Waals surface area (Å²) in [5, 5.41) is 4.54. The molecule has 3 aromatic heterocycles. The van der Waals surface area contributed by atoms with Crippen LogP contribution in [0.5, 0.6) is 5.88 Å². The molecule has 0 aliphatic carbocycles. The van der Waals surface area contributed by atoms with Crippen molar-refractivity contribution in [1.82, 2.24) is 29.3 Å². The number of aryl methyl sites for hydroxylation is 2. The molecule has 1 unspecified atom stereocenters. The Hall–Kier alpha value is -3.88. The third-order valence-electron chi connectivity index (χ3n) is 5.67. The monoisotopic (exact) mass is 448 g/mol. The van der Waals surface area contributed by atoms with Gasteiger partial charge in [-0.3, -0.25) is 0 Å². The van der Waals surface area contributed by atoms with Crippen molar-refractivity contribution in [3.05, 3.63) is 83.1 Å². The van der Waals surface area contributed by atoms with Crippen LogP contribution in [-0.4, -0.2) is 36.4 Å². The van der Waals surface area contributed by atoms with E-state index in [4.69, 9.17) is 4.74 Å². The van der Waals surface area contributed by atoms with Crippen LogP contribution in [0.3, 0.4) is 0 Å². The lowest BCUT2D eigenvalue weighted by atomic mass is 9.91. The third-order valence-corrected chi connectivity index (χ3v) is 5.67. The molecule has 0 fully saturated rings. The first-order valence-electron chi connectivity index (χ1n) is 10.7. The van der Waals surface area contributed by atoms with E-state index in [-0.39, 0.29) is 5.92 Å². The van der Waals surface area contributed by atoms with Gasteiger partial charge < -0.3 is 9.30 Å². The topological polar surface area (TPSA) is 70.7 Å². The van der Waals surface area contributed by atoms with E-state index in [2.05, 4.69) is 20.1 Å². The van der Waals surface area contributed by atoms with E-state index in [0.29, 0.717) is 41.8 Å². The highest BCUT2D eigenvalue weighted by Gasteiger charge is 2.27. The molecule has 1 atom stereocenters. The van der Waals surface area contributed by atoms with Crippen LogP contribution in [0.1, 0.15) is 47.4 Å². The van der Waals surface area contributed by atoms with Crippen LogP contribution in [0.4, 0.5) is 8.78 Å². The fraction of sp³-hybridized carbons (Fsp3) is 0.250. The first-order chi connectivity index (χ1) is 16.0. The largest absolute Gasteiger partial charge is 0.479 e. The second-order valence-corrected chi connectivity index (χ2v) is 7.93. The van der Waals surface area contributed by atoms with Crippen molar-refractivity contribution in [1.29, 1.82) is 0 Å². The minimum atomic E-state index is -0.461. The van der Waals surface area contributed by atoms with Gasteiger partial charge in [0.15, 0.2) is 5.82 Å². The highest BCUT2D eigenvalue weighted by Crippen LogP contribution is 2.34. The maximum absolute atomic E-state index is 14.4. The van der Waals surface area contributed by atoms with Gasteiger partial charge in [-0.15, -0.1) is 0 Å². The van der Waals surface area contributed by atoms with E-state index in [0.717, 1.165) is 29.9 Å². The Morgan fingerprint density at radius 2 is 2.00 bits per heavy atom. The summed E-state index contributed by atoms with van der Waals surface area (Å²) in [6, 6.07) is 7.31. The predicted octanol–water partition coefficient (Wildman–Crippen LogP) is 4.55. The molecular weight excluding hydrogens is 426 g/mol. The molecule has 0 spiro atoms. The van der Waals surface area contributed by atoms with Crippen LogP contribution in [0.15, 0.2) is 42.9 Å². The average molecular weight is 448 g/mol. The van der Waals surface area contributed by atoms with Crippen molar-refractivity contribution in [2.75, 3.05) is 7.11 Å². The minimum Gasteiger partial charge on any atom is -0.479 e. The molecule has 0 amide bonds. The van der Waals surface area contributed by atoms with Gasteiger partial charge in [-0.25, -0.2) is 28.4 Å². The number of hydrogen-bond donors (Lipinski definition) is 0. The Kier molecular flexibility index (Phi) is 5.45. The minimum absolute atomic E-state index is 0.315. The fourth-order valence-electron chi connectivity index (χ4n) is 4.12. The zero-order valence-electron chi connectivity index (χ0n) is 18.2. The highest BCUT2D eigenvalue weighted by molar-refractivity contribution is 5.65. The summed E-state index contributed by atoms with van der Waals surface area (Å²) in [6.07, 6.45) is 8.66. The normalized spacial score (nSPS) is 15.7. The van der Waals surface area contributed by atoms with Gasteiger partial charge in [0.05, 0.1) is 24.8 Å². The van der Waals surface area contributed by atoms with Crippen LogP contribution in [0.25, 0.3) is 17.8 Å². The number of nitrogens with zero attached hydrogens (tertiary/aromatic N) is 6. The number of hydrogen-bond acceptors (Lipinski definition) is 5. The van der Waals surface area contributed by atoms with Crippen LogP contribution in [-0.2, 0) is 6.54 Å². The molecule has 4 aromatic rings. The molecule has 1 aliphatic rings. The van der Waals surface area contributed by atoms with Gasteiger partial charge >= 0.3 is 0 Å². The van der Waals surface area contributed by atoms with E-state index < -0.39 is 11.6 Å². The molecule has 1 aliphatic heterocycles. The molecule has 0 saturated heterocycles. The van der Waals surface area contributed by atoms with Crippen LogP contribution in [0.2, 0.25) is 0 Å². The number of methoxy groups -OCH3 is 1. The smallest absolute Gasteiger partial charge is 0.238 e. The van der Waals surface area contributed by atoms with Gasteiger partial charge in [0, 0.05) is 24.2 Å². The van der Waals surface area contributed by atoms with Crippen molar-refractivity contribution in [2.45, 2.75) is 32.2 Å². The zero-order valence-corrected chi connectivity index (χ0v) is 18.2. The maximum atomic E-state index is 14.4. The summed E-state index contributed by atoms with van der Waals surface area (Å²) in [4.78, 5) is 13.4. The molecule has 7 nitrogen and oxygen atoms in total. The zero-order chi connectivity index (χ0) is 22.9. The number of ether oxygens (including phenoxy) is 1. The summed E-state index contributed by atoms with van der Waals surface area (Å²) >= 11 is 0. The molecule has 1 aromatic carbocycles. The summed E-state index contributed by atoms with van der Waals surface area (Å²) in [5.74, 6) is 0.371. The molecule has 9 heteroatoms. The van der Waals surface area contributed by atoms with Gasteiger partial charge in [-0.1, -0.05) is 0 Å². The van der Waals surface area contributed by atoms with E-state index in [9.17, 15) is 8.78 Å². The average Bonchev–Trinajstić information content (AvgIpc) is 3.44. The van der Waals surface area contributed by atoms with Crippen LogP contribution >= 0.6 is 0 Å². The number of halogens is 2. The number of pyridine rings is 1. The molecule has 33 heavy (non-hydrogen) atoms. The molecule has 0 bridgehead atoms. The van der Waals surface area contributed by atoms with Gasteiger partial charge in [0.25, 0.3) is 0 Å². The Labute approximate surface area is 189 Å². The Bertz CT molecular complexity index is 1340. The molecule has 4 heterocycles. The van der Waals surface area contributed by atoms with E-state index in [1.165, 1.54) is 6.07 Å². The number of fused-ring (bicyclic) bond motifs is 1. The van der Waals surface area contributed by atoms with Crippen molar-refractivity contribution >= 4 is 12.2 Å².